The molecule has 0 spiro atoms. The third kappa shape index (κ3) is 2.76. The molecule has 3 atom stereocenters. The number of thioether (sulfide) groups is 1. The molecule has 3 unspecified atom stereocenters. The lowest BCUT2D eigenvalue weighted by Crippen LogP contribution is -2.57. The van der Waals surface area contributed by atoms with Crippen molar-refractivity contribution in [3.8, 4) is 0 Å². The van der Waals surface area contributed by atoms with Gasteiger partial charge in [-0.25, -0.2) is 4.79 Å². The zero-order valence-electron chi connectivity index (χ0n) is 10.4. The summed E-state index contributed by atoms with van der Waals surface area (Å²) < 4.78 is 0. The van der Waals surface area contributed by atoms with E-state index in [1.165, 1.54) is 12.8 Å². The van der Waals surface area contributed by atoms with E-state index < -0.39 is 0 Å². The molecule has 0 aromatic rings. The quantitative estimate of drug-likeness (QED) is 0.820. The van der Waals surface area contributed by atoms with Gasteiger partial charge < -0.3 is 4.90 Å². The molecule has 1 aliphatic heterocycles. The molecule has 0 bridgehead atoms. The van der Waals surface area contributed by atoms with Crippen molar-refractivity contribution < 1.29 is 9.59 Å². The largest absolute Gasteiger partial charge is 0.324 e. The molecule has 5 heteroatoms. The van der Waals surface area contributed by atoms with Gasteiger partial charge >= 0.3 is 6.03 Å². The number of carbonyl (C=O) groups excluding carboxylic acids is 2. The normalized spacial score (nSPS) is 34.7. The summed E-state index contributed by atoms with van der Waals surface area (Å²) in [5, 5.41) is 3.11. The molecule has 17 heavy (non-hydrogen) atoms. The smallest absolute Gasteiger partial charge is 0.321 e. The summed E-state index contributed by atoms with van der Waals surface area (Å²) in [4.78, 5) is 25.1. The van der Waals surface area contributed by atoms with E-state index in [-0.39, 0.29) is 17.9 Å². The number of hydrogen-bond acceptors (Lipinski definition) is 3. The lowest BCUT2D eigenvalue weighted by atomic mass is 9.92. The Morgan fingerprint density at radius 2 is 2.12 bits per heavy atom. The maximum atomic E-state index is 11.8. The SMILES string of the molecule is CSC1CCCC(N2CC(C)C(=O)NC2=O)C1. The van der Waals surface area contributed by atoms with Crippen LogP contribution in [0.3, 0.4) is 0 Å². The van der Waals surface area contributed by atoms with E-state index in [4.69, 9.17) is 0 Å². The molecule has 1 heterocycles. The van der Waals surface area contributed by atoms with Crippen LogP contribution >= 0.6 is 11.8 Å². The fraction of sp³-hybridized carbons (Fsp3) is 0.833. The van der Waals surface area contributed by atoms with E-state index in [2.05, 4.69) is 11.6 Å². The van der Waals surface area contributed by atoms with E-state index in [1.54, 1.807) is 0 Å². The number of imide groups is 1. The first-order chi connectivity index (χ1) is 8.11. The summed E-state index contributed by atoms with van der Waals surface area (Å²) in [5.41, 5.74) is 0. The molecule has 3 amide bonds. The fourth-order valence-electron chi connectivity index (χ4n) is 2.69. The molecule has 0 aromatic heterocycles. The minimum atomic E-state index is -0.195. The number of nitrogens with one attached hydrogen (secondary N) is 1. The Morgan fingerprint density at radius 1 is 1.35 bits per heavy atom. The average Bonchev–Trinajstić information content (AvgIpc) is 2.34. The Balaban J connectivity index is 2.01. The van der Waals surface area contributed by atoms with E-state index in [0.29, 0.717) is 17.8 Å². The monoisotopic (exact) mass is 256 g/mol. The highest BCUT2D eigenvalue weighted by atomic mass is 32.2. The van der Waals surface area contributed by atoms with Crippen molar-refractivity contribution in [2.45, 2.75) is 43.9 Å². The van der Waals surface area contributed by atoms with Crippen LogP contribution in [-0.4, -0.2) is 40.9 Å². The van der Waals surface area contributed by atoms with Crippen molar-refractivity contribution in [2.75, 3.05) is 12.8 Å². The lowest BCUT2D eigenvalue weighted by Gasteiger charge is -2.40. The second-order valence-corrected chi connectivity index (χ2v) is 6.16. The fourth-order valence-corrected chi connectivity index (χ4v) is 3.51. The Morgan fingerprint density at radius 3 is 2.82 bits per heavy atom. The van der Waals surface area contributed by atoms with Crippen LogP contribution in [0.25, 0.3) is 0 Å². The van der Waals surface area contributed by atoms with Gasteiger partial charge in [-0.05, 0) is 25.5 Å². The highest BCUT2D eigenvalue weighted by molar-refractivity contribution is 7.99. The Hall–Kier alpha value is -0.710. The average molecular weight is 256 g/mol. The highest BCUT2D eigenvalue weighted by Crippen LogP contribution is 2.30. The molecule has 4 nitrogen and oxygen atoms in total. The molecule has 0 radical (unpaired) electrons. The molecule has 1 saturated heterocycles. The van der Waals surface area contributed by atoms with Crippen LogP contribution in [0.2, 0.25) is 0 Å². The van der Waals surface area contributed by atoms with Crippen molar-refractivity contribution in [3.05, 3.63) is 0 Å². The second-order valence-electron chi connectivity index (χ2n) is 5.03. The van der Waals surface area contributed by atoms with Crippen LogP contribution in [-0.2, 0) is 4.79 Å². The number of amides is 3. The molecule has 1 aliphatic carbocycles. The van der Waals surface area contributed by atoms with E-state index >= 15 is 0 Å². The molecule has 1 N–H and O–H groups in total. The summed E-state index contributed by atoms with van der Waals surface area (Å²) in [6.07, 6.45) is 6.71. The molecular weight excluding hydrogens is 236 g/mol. The Kier molecular flexibility index (Phi) is 3.97. The lowest BCUT2D eigenvalue weighted by molar-refractivity contribution is -0.125. The van der Waals surface area contributed by atoms with Crippen LogP contribution in [0.15, 0.2) is 0 Å². The van der Waals surface area contributed by atoms with Gasteiger partial charge in [-0.3, -0.25) is 10.1 Å². The molecule has 2 fully saturated rings. The van der Waals surface area contributed by atoms with Gasteiger partial charge in [-0.2, -0.15) is 11.8 Å². The third-order valence-corrected chi connectivity index (χ3v) is 4.88. The van der Waals surface area contributed by atoms with Gasteiger partial charge in [0.2, 0.25) is 5.91 Å². The first kappa shape index (κ1) is 12.7. The van der Waals surface area contributed by atoms with Crippen LogP contribution < -0.4 is 5.32 Å². The van der Waals surface area contributed by atoms with Gasteiger partial charge in [0.05, 0.1) is 5.92 Å². The van der Waals surface area contributed by atoms with E-state index in [0.717, 1.165) is 12.8 Å². The topological polar surface area (TPSA) is 49.4 Å². The van der Waals surface area contributed by atoms with E-state index in [1.807, 2.05) is 23.6 Å². The summed E-state index contributed by atoms with van der Waals surface area (Å²) in [6.45, 7) is 2.46. The summed E-state index contributed by atoms with van der Waals surface area (Å²) in [5.74, 6) is -0.217. The van der Waals surface area contributed by atoms with Crippen molar-refractivity contribution in [2.24, 2.45) is 5.92 Å². The predicted molar refractivity (Wildman–Crippen MR) is 69.0 cm³/mol. The van der Waals surface area contributed by atoms with Crippen molar-refractivity contribution >= 4 is 23.7 Å². The highest BCUT2D eigenvalue weighted by Gasteiger charge is 2.35. The van der Waals surface area contributed by atoms with Crippen LogP contribution in [0.4, 0.5) is 4.79 Å². The third-order valence-electron chi connectivity index (χ3n) is 3.78. The van der Waals surface area contributed by atoms with Crippen LogP contribution in [0, 0.1) is 5.92 Å². The van der Waals surface area contributed by atoms with Crippen LogP contribution in [0.5, 0.6) is 0 Å². The molecule has 96 valence electrons. The van der Waals surface area contributed by atoms with Gasteiger partial charge in [0, 0.05) is 17.8 Å². The second kappa shape index (κ2) is 5.29. The molecule has 2 aliphatic rings. The Labute approximate surface area is 106 Å². The summed E-state index contributed by atoms with van der Waals surface area (Å²) in [6, 6.07) is 0.122. The first-order valence-electron chi connectivity index (χ1n) is 6.26. The van der Waals surface area contributed by atoms with Crippen molar-refractivity contribution in [1.82, 2.24) is 10.2 Å². The first-order valence-corrected chi connectivity index (χ1v) is 7.55. The van der Waals surface area contributed by atoms with Crippen LogP contribution in [0.1, 0.15) is 32.6 Å². The molecule has 0 aromatic carbocycles. The summed E-state index contributed by atoms with van der Waals surface area (Å²) >= 11 is 1.89. The number of carbonyl (C=O) groups is 2. The van der Waals surface area contributed by atoms with Gasteiger partial charge in [0.25, 0.3) is 0 Å². The number of urea groups is 1. The van der Waals surface area contributed by atoms with Gasteiger partial charge in [0.15, 0.2) is 0 Å². The molecular formula is C12H20N2O2S. The number of nitrogens with zero attached hydrogens (tertiary/aromatic N) is 1. The predicted octanol–water partition coefficient (Wildman–Crippen LogP) is 1.85. The molecule has 1 saturated carbocycles. The standard InChI is InChI=1S/C12H20N2O2S/c1-8-7-14(12(16)13-11(8)15)9-4-3-5-10(6-9)17-2/h8-10H,3-7H2,1-2H3,(H,13,15,16). The minimum absolute atomic E-state index is 0.0812. The Bertz CT molecular complexity index is 322. The number of hydrogen-bond donors (Lipinski definition) is 1. The van der Waals surface area contributed by atoms with Crippen molar-refractivity contribution in [3.63, 3.8) is 0 Å². The minimum Gasteiger partial charge on any atom is -0.321 e. The maximum Gasteiger partial charge on any atom is 0.324 e. The maximum absolute atomic E-state index is 11.8. The van der Waals surface area contributed by atoms with Gasteiger partial charge in [-0.15, -0.1) is 0 Å². The zero-order chi connectivity index (χ0) is 12.4. The zero-order valence-corrected chi connectivity index (χ0v) is 11.3. The van der Waals surface area contributed by atoms with Gasteiger partial charge in [0.1, 0.15) is 0 Å². The molecule has 2 rings (SSSR count). The summed E-state index contributed by atoms with van der Waals surface area (Å²) in [7, 11) is 0. The van der Waals surface area contributed by atoms with E-state index in [9.17, 15) is 9.59 Å². The van der Waals surface area contributed by atoms with Gasteiger partial charge in [-0.1, -0.05) is 13.3 Å². The number of rotatable bonds is 2. The van der Waals surface area contributed by atoms with Crippen molar-refractivity contribution in [1.29, 1.82) is 0 Å².